The molecule has 0 radical (unpaired) electrons. The van der Waals surface area contributed by atoms with Gasteiger partial charge in [-0.3, -0.25) is 4.90 Å². The van der Waals surface area contributed by atoms with E-state index in [2.05, 4.69) is 34.4 Å². The Morgan fingerprint density at radius 3 is 2.55 bits per heavy atom. The maximum absolute atomic E-state index is 9.63. The van der Waals surface area contributed by atoms with Gasteiger partial charge >= 0.3 is 0 Å². The highest BCUT2D eigenvalue weighted by atomic mass is 16.3. The van der Waals surface area contributed by atoms with Crippen LogP contribution in [0, 0.1) is 0 Å². The number of nitrogens with zero attached hydrogens (tertiary/aromatic N) is 3. The molecule has 20 heavy (non-hydrogen) atoms. The normalized spacial score (nSPS) is 17.9. The number of piperazine rings is 1. The first kappa shape index (κ1) is 13.5. The van der Waals surface area contributed by atoms with Crippen LogP contribution >= 0.6 is 0 Å². The van der Waals surface area contributed by atoms with E-state index in [1.807, 2.05) is 12.1 Å². The lowest BCUT2D eigenvalue weighted by Crippen LogP contribution is -2.44. The molecule has 1 saturated heterocycles. The van der Waals surface area contributed by atoms with Gasteiger partial charge in [0.2, 0.25) is 0 Å². The molecule has 1 aliphatic heterocycles. The Morgan fingerprint density at radius 2 is 1.85 bits per heavy atom. The van der Waals surface area contributed by atoms with Gasteiger partial charge in [0.05, 0.1) is 0 Å². The molecule has 1 fully saturated rings. The second-order valence-electron chi connectivity index (χ2n) is 5.70. The zero-order valence-corrected chi connectivity index (χ0v) is 12.3. The molecule has 2 heterocycles. The van der Waals surface area contributed by atoms with Gasteiger partial charge in [-0.2, -0.15) is 0 Å². The third-order valence-corrected chi connectivity index (χ3v) is 4.27. The molecule has 108 valence electrons. The number of aryl methyl sites for hydroxylation is 1. The molecular formula is C16H23N3O. The first-order valence-corrected chi connectivity index (χ1v) is 7.39. The molecule has 0 atom stereocenters. The Hall–Kier alpha value is -1.52. The van der Waals surface area contributed by atoms with Crippen molar-refractivity contribution in [2.75, 3.05) is 33.2 Å². The van der Waals surface area contributed by atoms with Gasteiger partial charge in [0.25, 0.3) is 0 Å². The molecular weight excluding hydrogens is 250 g/mol. The van der Waals surface area contributed by atoms with E-state index in [4.69, 9.17) is 0 Å². The Kier molecular flexibility index (Phi) is 3.68. The number of rotatable bonds is 3. The van der Waals surface area contributed by atoms with Crippen molar-refractivity contribution >= 4 is 10.9 Å². The van der Waals surface area contributed by atoms with Gasteiger partial charge in [0, 0.05) is 55.9 Å². The highest BCUT2D eigenvalue weighted by molar-refractivity contribution is 5.82. The fourth-order valence-corrected chi connectivity index (χ4v) is 3.05. The number of likely N-dealkylation sites (N-methyl/N-ethyl adjacent to an activating group) is 1. The van der Waals surface area contributed by atoms with Crippen LogP contribution in [-0.2, 0) is 13.1 Å². The summed E-state index contributed by atoms with van der Waals surface area (Å²) in [6.07, 6.45) is 0. The lowest BCUT2D eigenvalue weighted by Gasteiger charge is -2.32. The number of aromatic hydroxyl groups is 1. The fraction of sp³-hybridized carbons (Fsp3) is 0.500. The van der Waals surface area contributed by atoms with Crippen LogP contribution in [0.1, 0.15) is 12.6 Å². The number of phenols is 1. The van der Waals surface area contributed by atoms with Gasteiger partial charge in [0.15, 0.2) is 0 Å². The van der Waals surface area contributed by atoms with E-state index >= 15 is 0 Å². The van der Waals surface area contributed by atoms with Gasteiger partial charge in [0.1, 0.15) is 5.75 Å². The molecule has 0 aliphatic carbocycles. The minimum Gasteiger partial charge on any atom is -0.508 e. The van der Waals surface area contributed by atoms with Crippen molar-refractivity contribution in [1.82, 2.24) is 14.4 Å². The van der Waals surface area contributed by atoms with Crippen LogP contribution in [0.3, 0.4) is 0 Å². The highest BCUT2D eigenvalue weighted by Gasteiger charge is 2.16. The number of aromatic nitrogens is 1. The maximum atomic E-state index is 9.63. The molecule has 0 amide bonds. The zero-order chi connectivity index (χ0) is 14.1. The Morgan fingerprint density at radius 1 is 1.10 bits per heavy atom. The average molecular weight is 273 g/mol. The van der Waals surface area contributed by atoms with Crippen molar-refractivity contribution in [3.05, 3.63) is 30.0 Å². The molecule has 0 bridgehead atoms. The van der Waals surface area contributed by atoms with Gasteiger partial charge in [-0.1, -0.05) is 0 Å². The van der Waals surface area contributed by atoms with E-state index in [1.54, 1.807) is 6.07 Å². The van der Waals surface area contributed by atoms with Crippen LogP contribution < -0.4 is 0 Å². The summed E-state index contributed by atoms with van der Waals surface area (Å²) in [5.74, 6) is 0.344. The minimum atomic E-state index is 0.344. The van der Waals surface area contributed by atoms with Crippen LogP contribution in [-0.4, -0.2) is 52.7 Å². The number of phenolic OH excluding ortho intramolecular Hbond substituents is 1. The second kappa shape index (κ2) is 5.46. The Bertz CT molecular complexity index is 597. The van der Waals surface area contributed by atoms with Crippen LogP contribution in [0.2, 0.25) is 0 Å². The summed E-state index contributed by atoms with van der Waals surface area (Å²) < 4.78 is 2.35. The average Bonchev–Trinajstić information content (AvgIpc) is 2.77. The van der Waals surface area contributed by atoms with E-state index in [0.29, 0.717) is 5.75 Å². The van der Waals surface area contributed by atoms with Gasteiger partial charge in [-0.05, 0) is 38.2 Å². The number of hydrogen-bond acceptors (Lipinski definition) is 3. The predicted molar refractivity (Wildman–Crippen MR) is 82.1 cm³/mol. The summed E-state index contributed by atoms with van der Waals surface area (Å²) >= 11 is 0. The molecule has 1 aromatic carbocycles. The highest BCUT2D eigenvalue weighted by Crippen LogP contribution is 2.25. The van der Waals surface area contributed by atoms with Gasteiger partial charge in [-0.15, -0.1) is 0 Å². The largest absolute Gasteiger partial charge is 0.508 e. The molecule has 3 rings (SSSR count). The van der Waals surface area contributed by atoms with Crippen LogP contribution in [0.15, 0.2) is 24.3 Å². The quantitative estimate of drug-likeness (QED) is 0.929. The van der Waals surface area contributed by atoms with Crippen molar-refractivity contribution < 1.29 is 5.11 Å². The lowest BCUT2D eigenvalue weighted by atomic mass is 10.2. The summed E-state index contributed by atoms with van der Waals surface area (Å²) in [5, 5.41) is 10.8. The smallest absolute Gasteiger partial charge is 0.116 e. The monoisotopic (exact) mass is 273 g/mol. The van der Waals surface area contributed by atoms with Crippen LogP contribution in [0.5, 0.6) is 5.75 Å². The van der Waals surface area contributed by atoms with Crippen molar-refractivity contribution in [3.8, 4) is 5.75 Å². The third-order valence-electron chi connectivity index (χ3n) is 4.27. The molecule has 4 heteroatoms. The first-order chi connectivity index (χ1) is 9.67. The minimum absolute atomic E-state index is 0.344. The molecule has 1 N–H and O–H groups in total. The standard InChI is InChI=1S/C16H23N3O/c1-3-19-14(12-18-8-6-17(2)7-9-18)10-13-11-15(20)4-5-16(13)19/h4-5,10-11,20H,3,6-9,12H2,1-2H3. The van der Waals surface area contributed by atoms with Crippen molar-refractivity contribution in [2.45, 2.75) is 20.0 Å². The Labute approximate surface area is 120 Å². The van der Waals surface area contributed by atoms with Gasteiger partial charge in [-0.25, -0.2) is 0 Å². The molecule has 0 unspecified atom stereocenters. The lowest BCUT2D eigenvalue weighted by molar-refractivity contribution is 0.146. The second-order valence-corrected chi connectivity index (χ2v) is 5.70. The third kappa shape index (κ3) is 2.53. The summed E-state index contributed by atoms with van der Waals surface area (Å²) in [6.45, 7) is 8.70. The summed E-state index contributed by atoms with van der Waals surface area (Å²) in [4.78, 5) is 4.89. The van der Waals surface area contributed by atoms with E-state index in [1.165, 1.54) is 11.2 Å². The fourth-order valence-electron chi connectivity index (χ4n) is 3.05. The van der Waals surface area contributed by atoms with Crippen LogP contribution in [0.25, 0.3) is 10.9 Å². The summed E-state index contributed by atoms with van der Waals surface area (Å²) in [6, 6.07) is 7.86. The van der Waals surface area contributed by atoms with Crippen molar-refractivity contribution in [3.63, 3.8) is 0 Å². The molecule has 1 aliphatic rings. The molecule has 1 aromatic heterocycles. The molecule has 2 aromatic rings. The topological polar surface area (TPSA) is 31.6 Å². The number of fused-ring (bicyclic) bond motifs is 1. The summed E-state index contributed by atoms with van der Waals surface area (Å²) in [7, 11) is 2.18. The Balaban J connectivity index is 1.87. The van der Waals surface area contributed by atoms with E-state index in [9.17, 15) is 5.11 Å². The van der Waals surface area contributed by atoms with Crippen molar-refractivity contribution in [1.29, 1.82) is 0 Å². The number of benzene rings is 1. The van der Waals surface area contributed by atoms with Crippen LogP contribution in [0.4, 0.5) is 0 Å². The molecule has 0 spiro atoms. The van der Waals surface area contributed by atoms with Crippen molar-refractivity contribution in [2.24, 2.45) is 0 Å². The first-order valence-electron chi connectivity index (χ1n) is 7.39. The maximum Gasteiger partial charge on any atom is 0.116 e. The SMILES string of the molecule is CCn1c(CN2CCN(C)CC2)cc2cc(O)ccc21. The predicted octanol–water partition coefficient (Wildman–Crippen LogP) is 2.11. The zero-order valence-electron chi connectivity index (χ0n) is 12.3. The number of hydrogen-bond donors (Lipinski definition) is 1. The van der Waals surface area contributed by atoms with E-state index in [0.717, 1.165) is 44.7 Å². The molecule has 0 saturated carbocycles. The summed E-state index contributed by atoms with van der Waals surface area (Å²) in [5.41, 5.74) is 2.56. The molecule has 4 nitrogen and oxygen atoms in total. The van der Waals surface area contributed by atoms with E-state index in [-0.39, 0.29) is 0 Å². The van der Waals surface area contributed by atoms with E-state index < -0.39 is 0 Å². The van der Waals surface area contributed by atoms with Gasteiger partial charge < -0.3 is 14.6 Å².